The number of nitrogens with zero attached hydrogens (tertiary/aromatic N) is 4. The maximum Gasteiger partial charge on any atom is 0.321 e. The van der Waals surface area contributed by atoms with Crippen molar-refractivity contribution in [3.63, 3.8) is 0 Å². The van der Waals surface area contributed by atoms with Crippen LogP contribution in [0.1, 0.15) is 25.2 Å². The summed E-state index contributed by atoms with van der Waals surface area (Å²) >= 11 is 0. The maximum atomic E-state index is 12.5. The van der Waals surface area contributed by atoms with Crippen LogP contribution in [0.2, 0.25) is 0 Å². The molecule has 134 valence electrons. The Hall–Kier alpha value is -2.77. The van der Waals surface area contributed by atoms with Crippen molar-refractivity contribution in [1.29, 1.82) is 0 Å². The monoisotopic (exact) mass is 345 g/mol. The van der Waals surface area contributed by atoms with Crippen LogP contribution in [0, 0.1) is 0 Å². The molecule has 25 heavy (non-hydrogen) atoms. The van der Waals surface area contributed by atoms with Gasteiger partial charge in [-0.1, -0.05) is 6.92 Å². The fraction of sp³-hybridized carbons (Fsp3) is 0.471. The molecule has 1 unspecified atom stereocenters. The van der Waals surface area contributed by atoms with Gasteiger partial charge in [-0.25, -0.2) is 4.79 Å². The molecule has 3 rings (SSSR count). The quantitative estimate of drug-likeness (QED) is 0.899. The molecule has 1 aliphatic heterocycles. The summed E-state index contributed by atoms with van der Waals surface area (Å²) in [6, 6.07) is 5.41. The smallest absolute Gasteiger partial charge is 0.321 e. The van der Waals surface area contributed by atoms with Crippen LogP contribution in [0.4, 0.5) is 10.5 Å². The van der Waals surface area contributed by atoms with Crippen molar-refractivity contribution in [3.05, 3.63) is 30.4 Å². The van der Waals surface area contributed by atoms with Crippen LogP contribution in [-0.4, -0.2) is 53.0 Å². The highest BCUT2D eigenvalue weighted by molar-refractivity contribution is 5.90. The lowest BCUT2D eigenvalue weighted by molar-refractivity contribution is 0.220. The lowest BCUT2D eigenvalue weighted by Gasteiger charge is -2.19. The Morgan fingerprint density at radius 1 is 1.32 bits per heavy atom. The molecular weight excluding hydrogens is 322 g/mol. The van der Waals surface area contributed by atoms with E-state index in [1.165, 1.54) is 0 Å². The molecular formula is C17H23N5O3. The Bertz CT molecular complexity index is 746. The predicted octanol–water partition coefficient (Wildman–Crippen LogP) is 2.34. The van der Waals surface area contributed by atoms with Crippen molar-refractivity contribution in [2.75, 3.05) is 32.6 Å². The number of carbonyl (C=O) groups excluding carboxylic acids is 1. The van der Waals surface area contributed by atoms with E-state index < -0.39 is 0 Å². The summed E-state index contributed by atoms with van der Waals surface area (Å²) in [5.41, 5.74) is 0.671. The largest absolute Gasteiger partial charge is 0.493 e. The van der Waals surface area contributed by atoms with Crippen LogP contribution in [0.5, 0.6) is 11.5 Å². The summed E-state index contributed by atoms with van der Waals surface area (Å²) < 4.78 is 12.6. The first-order valence-corrected chi connectivity index (χ1v) is 8.32. The number of aryl methyl sites for hydroxylation is 1. The number of nitrogens with one attached hydrogen (secondary N) is 1. The highest BCUT2D eigenvalue weighted by atomic mass is 16.5. The molecule has 1 fully saturated rings. The van der Waals surface area contributed by atoms with Gasteiger partial charge in [-0.15, -0.1) is 10.2 Å². The fourth-order valence-electron chi connectivity index (χ4n) is 3.09. The van der Waals surface area contributed by atoms with Crippen molar-refractivity contribution in [1.82, 2.24) is 19.7 Å². The van der Waals surface area contributed by atoms with Gasteiger partial charge >= 0.3 is 6.03 Å². The Morgan fingerprint density at radius 2 is 2.12 bits per heavy atom. The zero-order valence-electron chi connectivity index (χ0n) is 14.7. The molecule has 2 aromatic rings. The van der Waals surface area contributed by atoms with Gasteiger partial charge in [0.05, 0.1) is 20.3 Å². The SMILES string of the molecule is CCc1nncn1C1CCN(C(=O)Nc2ccc(OC)c(OC)c2)C1. The van der Waals surface area contributed by atoms with E-state index >= 15 is 0 Å². The standard InChI is InChI=1S/C17H23N5O3/c1-4-16-20-18-11-22(16)13-7-8-21(10-13)17(23)19-12-5-6-14(24-2)15(9-12)25-3/h5-6,9,11,13H,4,7-8,10H2,1-3H3,(H,19,23). The topological polar surface area (TPSA) is 81.5 Å². The third kappa shape index (κ3) is 3.52. The van der Waals surface area contributed by atoms with Crippen molar-refractivity contribution >= 4 is 11.7 Å². The van der Waals surface area contributed by atoms with Gasteiger partial charge in [0, 0.05) is 31.3 Å². The lowest BCUT2D eigenvalue weighted by atomic mass is 10.2. The summed E-state index contributed by atoms with van der Waals surface area (Å²) in [5, 5.41) is 11.0. The first-order valence-electron chi connectivity index (χ1n) is 8.32. The molecule has 1 atom stereocenters. The molecule has 0 spiro atoms. The Morgan fingerprint density at radius 3 is 2.84 bits per heavy atom. The number of aromatic nitrogens is 3. The van der Waals surface area contributed by atoms with Crippen LogP contribution in [0.3, 0.4) is 0 Å². The van der Waals surface area contributed by atoms with Gasteiger partial charge in [-0.2, -0.15) is 0 Å². The number of amides is 2. The third-order valence-electron chi connectivity index (χ3n) is 4.44. The minimum Gasteiger partial charge on any atom is -0.493 e. The molecule has 0 bridgehead atoms. The van der Waals surface area contributed by atoms with Crippen LogP contribution >= 0.6 is 0 Å². The molecule has 2 amide bonds. The van der Waals surface area contributed by atoms with E-state index in [2.05, 4.69) is 27.0 Å². The first-order chi connectivity index (χ1) is 12.2. The number of ether oxygens (including phenoxy) is 2. The second-order valence-electron chi connectivity index (χ2n) is 5.90. The van der Waals surface area contributed by atoms with Gasteiger partial charge in [0.25, 0.3) is 0 Å². The van der Waals surface area contributed by atoms with E-state index in [0.717, 1.165) is 18.7 Å². The van der Waals surface area contributed by atoms with Crippen molar-refractivity contribution in [2.45, 2.75) is 25.8 Å². The number of hydrogen-bond donors (Lipinski definition) is 1. The molecule has 8 heteroatoms. The molecule has 1 N–H and O–H groups in total. The summed E-state index contributed by atoms with van der Waals surface area (Å²) in [6.07, 6.45) is 3.47. The number of rotatable bonds is 5. The summed E-state index contributed by atoms with van der Waals surface area (Å²) in [7, 11) is 3.15. The Kier molecular flexibility index (Phi) is 5.06. The van der Waals surface area contributed by atoms with Crippen molar-refractivity contribution < 1.29 is 14.3 Å². The number of carbonyl (C=O) groups is 1. The fourth-order valence-corrected chi connectivity index (χ4v) is 3.09. The van der Waals surface area contributed by atoms with E-state index in [-0.39, 0.29) is 12.1 Å². The normalized spacial score (nSPS) is 16.8. The number of likely N-dealkylation sites (tertiary alicyclic amines) is 1. The van der Waals surface area contributed by atoms with Gasteiger partial charge in [0.2, 0.25) is 0 Å². The van der Waals surface area contributed by atoms with Gasteiger partial charge in [-0.05, 0) is 18.6 Å². The molecule has 8 nitrogen and oxygen atoms in total. The second kappa shape index (κ2) is 7.42. The number of anilines is 1. The molecule has 0 radical (unpaired) electrons. The third-order valence-corrected chi connectivity index (χ3v) is 4.44. The van der Waals surface area contributed by atoms with Gasteiger partial charge < -0.3 is 24.3 Å². The van der Waals surface area contributed by atoms with E-state index in [1.807, 2.05) is 0 Å². The molecule has 0 saturated carbocycles. The molecule has 1 aliphatic rings. The van der Waals surface area contributed by atoms with Gasteiger partial charge in [0.15, 0.2) is 11.5 Å². The predicted molar refractivity (Wildman–Crippen MR) is 93.2 cm³/mol. The van der Waals surface area contributed by atoms with Crippen LogP contribution in [0.25, 0.3) is 0 Å². The van der Waals surface area contributed by atoms with Gasteiger partial charge in [0.1, 0.15) is 12.2 Å². The molecule has 1 aromatic heterocycles. The molecule has 1 saturated heterocycles. The average molecular weight is 345 g/mol. The van der Waals surface area contributed by atoms with E-state index in [0.29, 0.717) is 30.3 Å². The van der Waals surface area contributed by atoms with Crippen LogP contribution in [-0.2, 0) is 6.42 Å². The summed E-state index contributed by atoms with van der Waals surface area (Å²) in [5.74, 6) is 2.16. The minimum absolute atomic E-state index is 0.124. The van der Waals surface area contributed by atoms with Crippen LogP contribution < -0.4 is 14.8 Å². The van der Waals surface area contributed by atoms with Gasteiger partial charge in [-0.3, -0.25) is 0 Å². The second-order valence-corrected chi connectivity index (χ2v) is 5.90. The van der Waals surface area contributed by atoms with Crippen LogP contribution in [0.15, 0.2) is 24.5 Å². The Balaban J connectivity index is 1.65. The van der Waals surface area contributed by atoms with E-state index in [9.17, 15) is 4.79 Å². The van der Waals surface area contributed by atoms with E-state index in [4.69, 9.17) is 9.47 Å². The number of methoxy groups -OCH3 is 2. The molecule has 2 heterocycles. The summed E-state index contributed by atoms with van der Waals surface area (Å²) in [6.45, 7) is 3.40. The number of urea groups is 1. The summed E-state index contributed by atoms with van der Waals surface area (Å²) in [4.78, 5) is 14.3. The molecule has 0 aliphatic carbocycles. The Labute approximate surface area is 146 Å². The maximum absolute atomic E-state index is 12.5. The first kappa shape index (κ1) is 17.1. The zero-order valence-corrected chi connectivity index (χ0v) is 14.7. The lowest BCUT2D eigenvalue weighted by Crippen LogP contribution is -2.33. The van der Waals surface area contributed by atoms with Crippen molar-refractivity contribution in [3.8, 4) is 11.5 Å². The van der Waals surface area contributed by atoms with Crippen molar-refractivity contribution in [2.24, 2.45) is 0 Å². The number of hydrogen-bond acceptors (Lipinski definition) is 5. The number of benzene rings is 1. The van der Waals surface area contributed by atoms with E-state index in [1.54, 1.807) is 43.6 Å². The molecule has 1 aromatic carbocycles. The zero-order chi connectivity index (χ0) is 17.8. The highest BCUT2D eigenvalue weighted by Crippen LogP contribution is 2.30. The average Bonchev–Trinajstić information content (AvgIpc) is 3.30. The minimum atomic E-state index is -0.124. The highest BCUT2D eigenvalue weighted by Gasteiger charge is 2.28.